The van der Waals surface area contributed by atoms with E-state index in [2.05, 4.69) is 5.32 Å². The van der Waals surface area contributed by atoms with Gasteiger partial charge < -0.3 is 20.1 Å². The van der Waals surface area contributed by atoms with Crippen LogP contribution in [-0.2, 0) is 25.5 Å². The maximum atomic E-state index is 12.6. The number of hydrogen-bond acceptors (Lipinski definition) is 4. The van der Waals surface area contributed by atoms with Gasteiger partial charge in [-0.1, -0.05) is 18.2 Å². The number of methoxy groups -OCH3 is 1. The molecule has 7 nitrogen and oxygen atoms in total. The van der Waals surface area contributed by atoms with Crippen molar-refractivity contribution in [1.29, 1.82) is 0 Å². The van der Waals surface area contributed by atoms with Gasteiger partial charge in [0, 0.05) is 25.9 Å². The van der Waals surface area contributed by atoms with Gasteiger partial charge in [-0.05, 0) is 37.8 Å². The Kier molecular flexibility index (Phi) is 4.28. The summed E-state index contributed by atoms with van der Waals surface area (Å²) in [6.07, 6.45) is 1.63. The number of fused-ring (bicyclic) bond motifs is 1. The second-order valence-corrected chi connectivity index (χ2v) is 6.90. The summed E-state index contributed by atoms with van der Waals surface area (Å²) in [5, 5.41) is 12.3. The topological polar surface area (TPSA) is 95.9 Å². The standard InChI is InChI=1S/C18H22N2O5/c1-17(25-2,16(23)24)15(22)20-9-7-18(8-10-20)11-12-5-3-4-6-13(12)19-14(18)21/h3-6H,7-11H2,1-2H3,(H,19,21)(H,23,24). The maximum absolute atomic E-state index is 12.6. The number of hydrogen-bond donors (Lipinski definition) is 2. The molecule has 2 aliphatic rings. The fraction of sp³-hybridized carbons (Fsp3) is 0.500. The molecule has 25 heavy (non-hydrogen) atoms. The second-order valence-electron chi connectivity index (χ2n) is 6.90. The lowest BCUT2D eigenvalue weighted by Crippen LogP contribution is -2.58. The van der Waals surface area contributed by atoms with Crippen molar-refractivity contribution in [3.63, 3.8) is 0 Å². The molecule has 1 atom stereocenters. The molecule has 2 heterocycles. The number of nitrogens with one attached hydrogen (secondary N) is 1. The summed E-state index contributed by atoms with van der Waals surface area (Å²) in [7, 11) is 1.21. The molecule has 0 saturated carbocycles. The monoisotopic (exact) mass is 346 g/mol. The lowest BCUT2D eigenvalue weighted by molar-refractivity contribution is -0.174. The van der Waals surface area contributed by atoms with Crippen LogP contribution in [0, 0.1) is 5.41 Å². The van der Waals surface area contributed by atoms with Crippen LogP contribution >= 0.6 is 0 Å². The normalized spacial score (nSPS) is 21.2. The third-order valence-electron chi connectivity index (χ3n) is 5.51. The predicted molar refractivity (Wildman–Crippen MR) is 90.1 cm³/mol. The summed E-state index contributed by atoms with van der Waals surface area (Å²) in [5.41, 5.74) is -0.507. The van der Waals surface area contributed by atoms with E-state index in [-0.39, 0.29) is 5.91 Å². The Labute approximate surface area is 146 Å². The molecular formula is C18H22N2O5. The van der Waals surface area contributed by atoms with Gasteiger partial charge in [0.05, 0.1) is 5.41 Å². The van der Waals surface area contributed by atoms with E-state index in [0.29, 0.717) is 32.4 Å². The van der Waals surface area contributed by atoms with Gasteiger partial charge in [0.1, 0.15) is 0 Å². The molecule has 2 aliphatic heterocycles. The van der Waals surface area contributed by atoms with Gasteiger partial charge in [-0.15, -0.1) is 0 Å². The van der Waals surface area contributed by atoms with Crippen LogP contribution in [0.15, 0.2) is 24.3 Å². The fourth-order valence-corrected chi connectivity index (χ4v) is 3.61. The summed E-state index contributed by atoms with van der Waals surface area (Å²) in [6, 6.07) is 7.71. The van der Waals surface area contributed by atoms with E-state index in [9.17, 15) is 19.5 Å². The highest BCUT2D eigenvalue weighted by atomic mass is 16.5. The highest BCUT2D eigenvalue weighted by Crippen LogP contribution is 2.41. The molecule has 3 rings (SSSR count). The second kappa shape index (κ2) is 6.15. The largest absolute Gasteiger partial charge is 0.479 e. The molecule has 1 aromatic carbocycles. The summed E-state index contributed by atoms with van der Waals surface area (Å²) >= 11 is 0. The lowest BCUT2D eigenvalue weighted by Gasteiger charge is -2.44. The summed E-state index contributed by atoms with van der Waals surface area (Å²) in [6.45, 7) is 1.92. The van der Waals surface area contributed by atoms with E-state index in [1.54, 1.807) is 0 Å². The van der Waals surface area contributed by atoms with Crippen LogP contribution in [0.5, 0.6) is 0 Å². The molecule has 0 aromatic heterocycles. The first kappa shape index (κ1) is 17.4. The van der Waals surface area contributed by atoms with E-state index < -0.39 is 22.9 Å². The van der Waals surface area contributed by atoms with Crippen LogP contribution in [0.1, 0.15) is 25.3 Å². The molecule has 1 fully saturated rings. The molecule has 1 saturated heterocycles. The van der Waals surface area contributed by atoms with Gasteiger partial charge >= 0.3 is 5.97 Å². The number of para-hydroxylation sites is 1. The van der Waals surface area contributed by atoms with Crippen molar-refractivity contribution in [2.24, 2.45) is 5.41 Å². The SMILES string of the molecule is COC(C)(C(=O)O)C(=O)N1CCC2(CC1)Cc1ccccc1NC2=O. The number of benzene rings is 1. The number of carbonyl (C=O) groups is 3. The van der Waals surface area contributed by atoms with Crippen LogP contribution in [0.25, 0.3) is 0 Å². The first-order valence-electron chi connectivity index (χ1n) is 8.30. The number of anilines is 1. The zero-order valence-corrected chi connectivity index (χ0v) is 14.4. The average molecular weight is 346 g/mol. The smallest absolute Gasteiger partial charge is 0.345 e. The Morgan fingerprint density at radius 1 is 1.28 bits per heavy atom. The molecule has 0 bridgehead atoms. The highest BCUT2D eigenvalue weighted by Gasteiger charge is 2.49. The van der Waals surface area contributed by atoms with E-state index >= 15 is 0 Å². The molecule has 134 valence electrons. The number of carbonyl (C=O) groups excluding carboxylic acids is 2. The van der Waals surface area contributed by atoms with Crippen molar-refractivity contribution in [2.75, 3.05) is 25.5 Å². The number of ether oxygens (including phenoxy) is 1. The number of amides is 2. The van der Waals surface area contributed by atoms with E-state index in [1.165, 1.54) is 18.9 Å². The van der Waals surface area contributed by atoms with Crippen molar-refractivity contribution in [2.45, 2.75) is 31.8 Å². The van der Waals surface area contributed by atoms with Crippen molar-refractivity contribution < 1.29 is 24.2 Å². The van der Waals surface area contributed by atoms with Gasteiger partial charge in [-0.25, -0.2) is 4.79 Å². The van der Waals surface area contributed by atoms with Crippen molar-refractivity contribution in [3.8, 4) is 0 Å². The van der Waals surface area contributed by atoms with Crippen molar-refractivity contribution in [1.82, 2.24) is 4.90 Å². The van der Waals surface area contributed by atoms with E-state index in [1.807, 2.05) is 24.3 Å². The Morgan fingerprint density at radius 2 is 1.92 bits per heavy atom. The molecular weight excluding hydrogens is 324 g/mol. The van der Waals surface area contributed by atoms with Crippen LogP contribution < -0.4 is 5.32 Å². The Hall–Kier alpha value is -2.41. The van der Waals surface area contributed by atoms with Gasteiger partial charge in [-0.2, -0.15) is 0 Å². The quantitative estimate of drug-likeness (QED) is 0.804. The zero-order chi connectivity index (χ0) is 18.2. The van der Waals surface area contributed by atoms with Crippen LogP contribution in [0.4, 0.5) is 5.69 Å². The summed E-state index contributed by atoms with van der Waals surface area (Å²) in [4.78, 5) is 38.1. The average Bonchev–Trinajstić information content (AvgIpc) is 2.62. The van der Waals surface area contributed by atoms with Gasteiger partial charge in [0.15, 0.2) is 0 Å². The number of carboxylic acids is 1. The highest BCUT2D eigenvalue weighted by molar-refractivity contribution is 6.05. The third kappa shape index (κ3) is 2.78. The number of rotatable bonds is 3. The first-order chi connectivity index (χ1) is 11.8. The van der Waals surface area contributed by atoms with E-state index in [4.69, 9.17) is 4.74 Å². The third-order valence-corrected chi connectivity index (χ3v) is 5.51. The first-order valence-corrected chi connectivity index (χ1v) is 8.30. The molecule has 0 radical (unpaired) electrons. The van der Waals surface area contributed by atoms with Gasteiger partial charge in [0.25, 0.3) is 5.91 Å². The Morgan fingerprint density at radius 3 is 2.52 bits per heavy atom. The molecule has 1 spiro atoms. The van der Waals surface area contributed by atoms with Crippen molar-refractivity contribution in [3.05, 3.63) is 29.8 Å². The Bertz CT molecular complexity index is 724. The van der Waals surface area contributed by atoms with E-state index in [0.717, 1.165) is 11.3 Å². The fourth-order valence-electron chi connectivity index (χ4n) is 3.61. The Balaban J connectivity index is 1.75. The van der Waals surface area contributed by atoms with Crippen LogP contribution in [0.3, 0.4) is 0 Å². The molecule has 1 aromatic rings. The van der Waals surface area contributed by atoms with Gasteiger partial charge in [0.2, 0.25) is 11.5 Å². The minimum atomic E-state index is -1.90. The minimum absolute atomic E-state index is 0.0222. The lowest BCUT2D eigenvalue weighted by atomic mass is 9.70. The number of nitrogens with zero attached hydrogens (tertiary/aromatic N) is 1. The predicted octanol–water partition coefficient (Wildman–Crippen LogP) is 1.28. The van der Waals surface area contributed by atoms with Crippen molar-refractivity contribution >= 4 is 23.5 Å². The maximum Gasteiger partial charge on any atom is 0.345 e. The molecule has 1 unspecified atom stereocenters. The number of likely N-dealkylation sites (tertiary alicyclic amines) is 1. The number of aliphatic carboxylic acids is 1. The number of carboxylic acid groups (broad SMARTS) is 1. The van der Waals surface area contributed by atoms with Crippen LogP contribution in [-0.4, -0.2) is 53.6 Å². The molecule has 2 N–H and O–H groups in total. The summed E-state index contributed by atoms with van der Waals surface area (Å²) < 4.78 is 4.95. The zero-order valence-electron chi connectivity index (χ0n) is 14.4. The molecule has 7 heteroatoms. The molecule has 2 amide bonds. The number of piperidine rings is 1. The minimum Gasteiger partial charge on any atom is -0.479 e. The summed E-state index contributed by atoms with van der Waals surface area (Å²) in [5.74, 6) is -1.91. The van der Waals surface area contributed by atoms with Gasteiger partial charge in [-0.3, -0.25) is 9.59 Å². The molecule has 0 aliphatic carbocycles. The van der Waals surface area contributed by atoms with Crippen LogP contribution in [0.2, 0.25) is 0 Å².